The van der Waals surface area contributed by atoms with Crippen molar-refractivity contribution in [2.24, 2.45) is 0 Å². The normalized spacial score (nSPS) is 12.4. The fourth-order valence-corrected chi connectivity index (χ4v) is 2.67. The summed E-state index contributed by atoms with van der Waals surface area (Å²) >= 11 is 1.56. The van der Waals surface area contributed by atoms with Gasteiger partial charge in [0, 0.05) is 31.6 Å². The summed E-state index contributed by atoms with van der Waals surface area (Å²) < 4.78 is 10.5. The van der Waals surface area contributed by atoms with Gasteiger partial charge in [0.1, 0.15) is 5.76 Å². The van der Waals surface area contributed by atoms with Gasteiger partial charge in [0.15, 0.2) is 0 Å². The molecule has 6 nitrogen and oxygen atoms in total. The van der Waals surface area contributed by atoms with Gasteiger partial charge in [0.05, 0.1) is 24.8 Å². The van der Waals surface area contributed by atoms with Crippen molar-refractivity contribution in [1.29, 1.82) is 0 Å². The first-order valence-electron chi connectivity index (χ1n) is 6.91. The molecule has 7 heteroatoms. The molecule has 0 spiro atoms. The molecule has 0 bridgehead atoms. The number of carbonyl (C=O) groups is 1. The third-order valence-corrected chi connectivity index (χ3v) is 3.93. The largest absolute Gasteiger partial charge is 0.441 e. The Morgan fingerprint density at radius 3 is 3.00 bits per heavy atom. The standard InChI is InChI=1S/C15H20N2O4S/c1-10-13(16-15(21-10)11-4-5-22-9-11)6-14(19)17(2)7-12(18)8-20-3/h4-5,9,12,18H,6-8H2,1-3H3. The fraction of sp³-hybridized carbons (Fsp3) is 0.467. The molecule has 22 heavy (non-hydrogen) atoms. The van der Waals surface area contributed by atoms with Crippen molar-refractivity contribution >= 4 is 17.2 Å². The van der Waals surface area contributed by atoms with Crippen molar-refractivity contribution in [2.45, 2.75) is 19.4 Å². The highest BCUT2D eigenvalue weighted by Gasteiger charge is 2.19. The number of nitrogens with zero attached hydrogens (tertiary/aromatic N) is 2. The van der Waals surface area contributed by atoms with E-state index >= 15 is 0 Å². The van der Waals surface area contributed by atoms with Crippen LogP contribution >= 0.6 is 11.3 Å². The fourth-order valence-electron chi connectivity index (χ4n) is 2.04. The predicted octanol–water partition coefficient (Wildman–Crippen LogP) is 1.72. The number of carbonyl (C=O) groups excluding carboxylic acids is 1. The quantitative estimate of drug-likeness (QED) is 0.839. The van der Waals surface area contributed by atoms with E-state index in [1.807, 2.05) is 16.8 Å². The van der Waals surface area contributed by atoms with Gasteiger partial charge in [-0.1, -0.05) is 0 Å². The lowest BCUT2D eigenvalue weighted by Crippen LogP contribution is -2.37. The molecule has 2 rings (SSSR count). The Morgan fingerprint density at radius 2 is 2.36 bits per heavy atom. The Morgan fingerprint density at radius 1 is 1.59 bits per heavy atom. The zero-order chi connectivity index (χ0) is 16.1. The number of aliphatic hydroxyl groups is 1. The summed E-state index contributed by atoms with van der Waals surface area (Å²) in [5, 5.41) is 13.6. The van der Waals surface area contributed by atoms with Gasteiger partial charge in [0.2, 0.25) is 11.8 Å². The molecule has 2 aromatic rings. The Labute approximate surface area is 133 Å². The lowest BCUT2D eigenvalue weighted by Gasteiger charge is -2.20. The summed E-state index contributed by atoms with van der Waals surface area (Å²) in [4.78, 5) is 18.1. The van der Waals surface area contributed by atoms with Gasteiger partial charge in [0.25, 0.3) is 0 Å². The molecular weight excluding hydrogens is 304 g/mol. The van der Waals surface area contributed by atoms with Gasteiger partial charge >= 0.3 is 0 Å². The summed E-state index contributed by atoms with van der Waals surface area (Å²) in [5.41, 5.74) is 1.54. The minimum absolute atomic E-state index is 0.122. The van der Waals surface area contributed by atoms with Crippen LogP contribution in [0, 0.1) is 6.92 Å². The van der Waals surface area contributed by atoms with E-state index in [1.54, 1.807) is 25.3 Å². The first-order valence-corrected chi connectivity index (χ1v) is 7.85. The van der Waals surface area contributed by atoms with E-state index < -0.39 is 6.10 Å². The van der Waals surface area contributed by atoms with Crippen LogP contribution in [0.1, 0.15) is 11.5 Å². The first kappa shape index (κ1) is 16.7. The van der Waals surface area contributed by atoms with Crippen LogP contribution in [0.4, 0.5) is 0 Å². The summed E-state index contributed by atoms with van der Waals surface area (Å²) in [5.74, 6) is 1.05. The van der Waals surface area contributed by atoms with Crippen molar-refractivity contribution in [3.05, 3.63) is 28.3 Å². The van der Waals surface area contributed by atoms with Crippen LogP contribution in [-0.4, -0.2) is 54.3 Å². The van der Waals surface area contributed by atoms with E-state index in [1.165, 1.54) is 12.0 Å². The number of aryl methyl sites for hydroxylation is 1. The van der Waals surface area contributed by atoms with Gasteiger partial charge in [-0.3, -0.25) is 4.79 Å². The third kappa shape index (κ3) is 4.16. The van der Waals surface area contributed by atoms with Crippen LogP contribution in [0.15, 0.2) is 21.2 Å². The molecular formula is C15H20N2O4S. The van der Waals surface area contributed by atoms with E-state index in [0.717, 1.165) is 5.56 Å². The zero-order valence-electron chi connectivity index (χ0n) is 12.9. The highest BCUT2D eigenvalue weighted by molar-refractivity contribution is 7.08. The van der Waals surface area contributed by atoms with Crippen molar-refractivity contribution in [3.8, 4) is 11.5 Å². The Hall–Kier alpha value is -1.70. The second-order valence-corrected chi connectivity index (χ2v) is 5.87. The molecule has 0 aromatic carbocycles. The maximum atomic E-state index is 12.2. The van der Waals surface area contributed by atoms with E-state index in [4.69, 9.17) is 9.15 Å². The van der Waals surface area contributed by atoms with Crippen molar-refractivity contribution in [1.82, 2.24) is 9.88 Å². The minimum Gasteiger partial charge on any atom is -0.441 e. The molecule has 0 saturated carbocycles. The van der Waals surface area contributed by atoms with E-state index in [0.29, 0.717) is 17.3 Å². The second-order valence-electron chi connectivity index (χ2n) is 5.09. The van der Waals surface area contributed by atoms with Crippen LogP contribution in [0.5, 0.6) is 0 Å². The van der Waals surface area contributed by atoms with Crippen molar-refractivity contribution in [2.75, 3.05) is 27.3 Å². The Bertz CT molecular complexity index is 609. The van der Waals surface area contributed by atoms with Gasteiger partial charge in [-0.15, -0.1) is 0 Å². The number of oxazole rings is 1. The smallest absolute Gasteiger partial charge is 0.228 e. The number of rotatable bonds is 7. The maximum absolute atomic E-state index is 12.2. The molecule has 0 fully saturated rings. The monoisotopic (exact) mass is 324 g/mol. The van der Waals surface area contributed by atoms with Crippen molar-refractivity contribution < 1.29 is 19.1 Å². The molecule has 1 unspecified atom stereocenters. The molecule has 0 aliphatic heterocycles. The summed E-state index contributed by atoms with van der Waals surface area (Å²) in [6.07, 6.45) is -0.547. The number of aliphatic hydroxyl groups excluding tert-OH is 1. The molecule has 0 radical (unpaired) electrons. The Balaban J connectivity index is 1.99. The van der Waals surface area contributed by atoms with Crippen LogP contribution in [0.25, 0.3) is 11.5 Å². The van der Waals surface area contributed by atoms with E-state index in [-0.39, 0.29) is 25.5 Å². The van der Waals surface area contributed by atoms with E-state index in [9.17, 15) is 9.90 Å². The number of hydrogen-bond acceptors (Lipinski definition) is 6. The number of hydrogen-bond donors (Lipinski definition) is 1. The second kappa shape index (κ2) is 7.53. The molecule has 0 aliphatic rings. The zero-order valence-corrected chi connectivity index (χ0v) is 13.7. The maximum Gasteiger partial charge on any atom is 0.228 e. The molecule has 2 aromatic heterocycles. The minimum atomic E-state index is -0.696. The predicted molar refractivity (Wildman–Crippen MR) is 83.8 cm³/mol. The van der Waals surface area contributed by atoms with Gasteiger partial charge < -0.3 is 19.2 Å². The molecule has 1 N–H and O–H groups in total. The molecule has 0 aliphatic carbocycles. The molecule has 1 atom stereocenters. The SMILES string of the molecule is COCC(O)CN(C)C(=O)Cc1nc(-c2ccsc2)oc1C. The summed E-state index contributed by atoms with van der Waals surface area (Å²) in [7, 11) is 3.16. The van der Waals surface area contributed by atoms with Crippen LogP contribution in [-0.2, 0) is 16.0 Å². The highest BCUT2D eigenvalue weighted by Crippen LogP contribution is 2.24. The van der Waals surface area contributed by atoms with Crippen LogP contribution in [0.3, 0.4) is 0 Å². The topological polar surface area (TPSA) is 75.8 Å². The van der Waals surface area contributed by atoms with Crippen LogP contribution in [0.2, 0.25) is 0 Å². The lowest BCUT2D eigenvalue weighted by atomic mass is 10.2. The number of methoxy groups -OCH3 is 1. The average molecular weight is 324 g/mol. The van der Waals surface area contributed by atoms with Crippen molar-refractivity contribution in [3.63, 3.8) is 0 Å². The van der Waals surface area contributed by atoms with E-state index in [2.05, 4.69) is 4.98 Å². The Kier molecular flexibility index (Phi) is 5.70. The van der Waals surface area contributed by atoms with Crippen LogP contribution < -0.4 is 0 Å². The molecule has 1 amide bonds. The number of ether oxygens (including phenoxy) is 1. The number of amides is 1. The molecule has 120 valence electrons. The van der Waals surface area contributed by atoms with Gasteiger partial charge in [-0.2, -0.15) is 11.3 Å². The first-order chi connectivity index (χ1) is 10.5. The highest BCUT2D eigenvalue weighted by atomic mass is 32.1. The van der Waals surface area contributed by atoms with Gasteiger partial charge in [-0.25, -0.2) is 4.98 Å². The van der Waals surface area contributed by atoms with Gasteiger partial charge in [-0.05, 0) is 18.4 Å². The molecule has 0 saturated heterocycles. The number of thiophene rings is 1. The summed E-state index contributed by atoms with van der Waals surface area (Å²) in [6.45, 7) is 2.22. The lowest BCUT2D eigenvalue weighted by molar-refractivity contribution is -0.130. The summed E-state index contributed by atoms with van der Waals surface area (Å²) in [6, 6.07) is 1.93. The number of likely N-dealkylation sites (N-methyl/N-ethyl adjacent to an activating group) is 1. The average Bonchev–Trinajstić information content (AvgIpc) is 3.09. The molecule has 2 heterocycles. The third-order valence-electron chi connectivity index (χ3n) is 3.25. The number of aromatic nitrogens is 1.